The Morgan fingerprint density at radius 1 is 1.26 bits per heavy atom. The number of rotatable bonds is 4. The highest BCUT2D eigenvalue weighted by Gasteiger charge is 2.18. The number of amides is 1. The highest BCUT2D eigenvalue weighted by Crippen LogP contribution is 2.33. The third-order valence-electron chi connectivity index (χ3n) is 3.11. The molecular weight excluding hydrogens is 371 g/mol. The van der Waals surface area contributed by atoms with Crippen molar-refractivity contribution in [2.24, 2.45) is 0 Å². The molecule has 118 valence electrons. The molecule has 1 N–H and O–H groups in total. The molecule has 2 aromatic carbocycles. The highest BCUT2D eigenvalue weighted by molar-refractivity contribution is 8.02. The number of benzene rings is 2. The van der Waals surface area contributed by atoms with Crippen molar-refractivity contribution in [1.29, 1.82) is 0 Å². The Bertz CT molecular complexity index is 833. The minimum absolute atomic E-state index is 0.140. The first-order chi connectivity index (χ1) is 11.0. The van der Waals surface area contributed by atoms with Crippen molar-refractivity contribution >= 4 is 68.1 Å². The standard InChI is InChI=1S/C16H12Cl2N2OS2/c1-9(15(21)19-13-8-10(17)6-7-11(13)18)22-16-20-12-4-2-3-5-14(12)23-16/h2-9H,1H3,(H,19,21)/t9-/m1/s1. The average Bonchev–Trinajstić information content (AvgIpc) is 2.93. The van der Waals surface area contributed by atoms with Crippen LogP contribution in [-0.4, -0.2) is 16.1 Å². The van der Waals surface area contributed by atoms with E-state index in [2.05, 4.69) is 10.3 Å². The maximum absolute atomic E-state index is 12.3. The Labute approximate surface area is 152 Å². The smallest absolute Gasteiger partial charge is 0.237 e. The van der Waals surface area contributed by atoms with Gasteiger partial charge in [0.15, 0.2) is 4.34 Å². The molecule has 1 amide bonds. The predicted octanol–water partition coefficient (Wildman–Crippen LogP) is 5.72. The zero-order valence-corrected chi connectivity index (χ0v) is 15.2. The van der Waals surface area contributed by atoms with E-state index in [0.717, 1.165) is 14.6 Å². The minimum Gasteiger partial charge on any atom is -0.324 e. The van der Waals surface area contributed by atoms with Gasteiger partial charge in [-0.2, -0.15) is 0 Å². The summed E-state index contributed by atoms with van der Waals surface area (Å²) in [4.78, 5) is 16.9. The van der Waals surface area contributed by atoms with Crippen LogP contribution in [0, 0.1) is 0 Å². The molecule has 3 rings (SSSR count). The largest absolute Gasteiger partial charge is 0.324 e. The molecular formula is C16H12Cl2N2OS2. The lowest BCUT2D eigenvalue weighted by Gasteiger charge is -2.11. The van der Waals surface area contributed by atoms with E-state index >= 15 is 0 Å². The zero-order valence-electron chi connectivity index (χ0n) is 12.0. The second-order valence-electron chi connectivity index (χ2n) is 4.82. The van der Waals surface area contributed by atoms with E-state index in [1.165, 1.54) is 11.8 Å². The van der Waals surface area contributed by atoms with E-state index in [4.69, 9.17) is 23.2 Å². The van der Waals surface area contributed by atoms with Gasteiger partial charge in [-0.25, -0.2) is 4.98 Å². The Kier molecular flexibility index (Phi) is 5.11. The van der Waals surface area contributed by atoms with Crippen molar-refractivity contribution in [3.05, 3.63) is 52.5 Å². The SMILES string of the molecule is C[C@@H](Sc1nc2ccccc2s1)C(=O)Nc1cc(Cl)ccc1Cl. The quantitative estimate of drug-likeness (QED) is 0.586. The van der Waals surface area contributed by atoms with Gasteiger partial charge in [-0.1, -0.05) is 47.1 Å². The first-order valence-corrected chi connectivity index (χ1v) is 9.26. The summed E-state index contributed by atoms with van der Waals surface area (Å²) in [6.07, 6.45) is 0. The maximum atomic E-state index is 12.3. The lowest BCUT2D eigenvalue weighted by Crippen LogP contribution is -2.22. The first-order valence-electron chi connectivity index (χ1n) is 6.81. The fourth-order valence-corrected chi connectivity index (χ4v) is 4.48. The van der Waals surface area contributed by atoms with Gasteiger partial charge in [0.2, 0.25) is 5.91 Å². The lowest BCUT2D eigenvalue weighted by molar-refractivity contribution is -0.115. The third-order valence-corrected chi connectivity index (χ3v) is 5.90. The van der Waals surface area contributed by atoms with Gasteiger partial charge in [-0.3, -0.25) is 4.79 Å². The van der Waals surface area contributed by atoms with Crippen LogP contribution in [0.25, 0.3) is 10.2 Å². The highest BCUT2D eigenvalue weighted by atomic mass is 35.5. The van der Waals surface area contributed by atoms with Crippen molar-refractivity contribution in [1.82, 2.24) is 4.98 Å². The summed E-state index contributed by atoms with van der Waals surface area (Å²) in [5.74, 6) is -0.140. The molecule has 1 aromatic heterocycles. The summed E-state index contributed by atoms with van der Waals surface area (Å²) < 4.78 is 1.98. The van der Waals surface area contributed by atoms with E-state index in [0.29, 0.717) is 15.7 Å². The van der Waals surface area contributed by atoms with Gasteiger partial charge in [0.05, 0.1) is 26.2 Å². The number of nitrogens with zero attached hydrogens (tertiary/aromatic N) is 1. The van der Waals surface area contributed by atoms with Gasteiger partial charge in [-0.15, -0.1) is 11.3 Å². The third kappa shape index (κ3) is 3.98. The van der Waals surface area contributed by atoms with Gasteiger partial charge >= 0.3 is 0 Å². The molecule has 23 heavy (non-hydrogen) atoms. The second kappa shape index (κ2) is 7.09. The molecule has 0 aliphatic carbocycles. The molecule has 3 aromatic rings. The van der Waals surface area contributed by atoms with Crippen LogP contribution in [0.15, 0.2) is 46.8 Å². The summed E-state index contributed by atoms with van der Waals surface area (Å²) >= 11 is 15.0. The minimum atomic E-state index is -0.300. The van der Waals surface area contributed by atoms with Crippen molar-refractivity contribution < 1.29 is 4.79 Å². The van der Waals surface area contributed by atoms with Gasteiger partial charge in [-0.05, 0) is 37.3 Å². The number of halogens is 2. The van der Waals surface area contributed by atoms with Gasteiger partial charge in [0.1, 0.15) is 0 Å². The number of para-hydroxylation sites is 1. The number of hydrogen-bond donors (Lipinski definition) is 1. The number of thiazole rings is 1. The molecule has 0 fully saturated rings. The summed E-state index contributed by atoms with van der Waals surface area (Å²) in [7, 11) is 0. The number of thioether (sulfide) groups is 1. The van der Waals surface area contributed by atoms with Crippen molar-refractivity contribution in [3.8, 4) is 0 Å². The van der Waals surface area contributed by atoms with Crippen LogP contribution in [-0.2, 0) is 4.79 Å². The first kappa shape index (κ1) is 16.6. The van der Waals surface area contributed by atoms with Crippen molar-refractivity contribution in [2.75, 3.05) is 5.32 Å². The molecule has 0 aliphatic rings. The molecule has 1 atom stereocenters. The van der Waals surface area contributed by atoms with Gasteiger partial charge in [0.25, 0.3) is 0 Å². The summed E-state index contributed by atoms with van der Waals surface area (Å²) in [6.45, 7) is 1.84. The molecule has 0 unspecified atom stereocenters. The number of nitrogens with one attached hydrogen (secondary N) is 1. The molecule has 0 aliphatic heterocycles. The summed E-state index contributed by atoms with van der Waals surface area (Å²) in [6, 6.07) is 12.9. The monoisotopic (exact) mass is 382 g/mol. The van der Waals surface area contributed by atoms with Crippen LogP contribution in [0.1, 0.15) is 6.92 Å². The fraction of sp³-hybridized carbons (Fsp3) is 0.125. The fourth-order valence-electron chi connectivity index (χ4n) is 1.93. The van der Waals surface area contributed by atoms with E-state index in [1.54, 1.807) is 29.5 Å². The number of aromatic nitrogens is 1. The number of carbonyl (C=O) groups excluding carboxylic acids is 1. The lowest BCUT2D eigenvalue weighted by atomic mass is 10.3. The maximum Gasteiger partial charge on any atom is 0.237 e. The van der Waals surface area contributed by atoms with E-state index in [-0.39, 0.29) is 11.2 Å². The van der Waals surface area contributed by atoms with Crippen LogP contribution in [0.2, 0.25) is 10.0 Å². The molecule has 0 spiro atoms. The van der Waals surface area contributed by atoms with Crippen molar-refractivity contribution in [3.63, 3.8) is 0 Å². The molecule has 7 heteroatoms. The number of fused-ring (bicyclic) bond motifs is 1. The Balaban J connectivity index is 1.71. The summed E-state index contributed by atoms with van der Waals surface area (Å²) in [5.41, 5.74) is 1.46. The number of carbonyl (C=O) groups is 1. The molecule has 0 saturated carbocycles. The van der Waals surface area contributed by atoms with E-state index < -0.39 is 0 Å². The van der Waals surface area contributed by atoms with Crippen LogP contribution in [0.4, 0.5) is 5.69 Å². The molecule has 0 bridgehead atoms. The van der Waals surface area contributed by atoms with Crippen LogP contribution >= 0.6 is 46.3 Å². The Hall–Kier alpha value is -1.27. The molecule has 1 heterocycles. The number of hydrogen-bond acceptors (Lipinski definition) is 4. The second-order valence-corrected chi connectivity index (χ2v) is 8.28. The molecule has 3 nitrogen and oxygen atoms in total. The topological polar surface area (TPSA) is 42.0 Å². The van der Waals surface area contributed by atoms with Gasteiger partial charge < -0.3 is 5.32 Å². The van der Waals surface area contributed by atoms with Crippen LogP contribution in [0.5, 0.6) is 0 Å². The molecule has 0 saturated heterocycles. The van der Waals surface area contributed by atoms with E-state index in [1.807, 2.05) is 31.2 Å². The van der Waals surface area contributed by atoms with Gasteiger partial charge in [0, 0.05) is 5.02 Å². The molecule has 0 radical (unpaired) electrons. The van der Waals surface area contributed by atoms with Crippen LogP contribution < -0.4 is 5.32 Å². The normalized spacial score (nSPS) is 12.3. The zero-order chi connectivity index (χ0) is 16.4. The van der Waals surface area contributed by atoms with Crippen molar-refractivity contribution in [2.45, 2.75) is 16.5 Å². The van der Waals surface area contributed by atoms with Crippen LogP contribution in [0.3, 0.4) is 0 Å². The Morgan fingerprint density at radius 2 is 2.04 bits per heavy atom. The predicted molar refractivity (Wildman–Crippen MR) is 100 cm³/mol. The Morgan fingerprint density at radius 3 is 2.83 bits per heavy atom. The average molecular weight is 383 g/mol. The summed E-state index contributed by atoms with van der Waals surface area (Å²) in [5, 5.41) is 3.49. The van der Waals surface area contributed by atoms with E-state index in [9.17, 15) is 4.79 Å². The number of anilines is 1.